The molecule has 0 saturated heterocycles. The third kappa shape index (κ3) is 4.77. The van der Waals surface area contributed by atoms with Gasteiger partial charge in [-0.25, -0.2) is 18.4 Å². The summed E-state index contributed by atoms with van der Waals surface area (Å²) in [5.74, 6) is -2.97. The topological polar surface area (TPSA) is 73.1 Å². The van der Waals surface area contributed by atoms with Crippen molar-refractivity contribution in [2.75, 3.05) is 0 Å². The molecule has 0 bridgehead atoms. The van der Waals surface area contributed by atoms with Gasteiger partial charge in [-0.1, -0.05) is 19.1 Å². The molecule has 0 fully saturated rings. The van der Waals surface area contributed by atoms with Gasteiger partial charge in [0.05, 0.1) is 12.1 Å². The lowest BCUT2D eigenvalue weighted by Gasteiger charge is -2.34. The van der Waals surface area contributed by atoms with Crippen molar-refractivity contribution >= 4 is 10.9 Å². The molecule has 11 heteroatoms. The Bertz CT molecular complexity index is 1280. The zero-order valence-electron chi connectivity index (χ0n) is 17.1. The molecular weight excluding hydrogens is 447 g/mol. The van der Waals surface area contributed by atoms with Crippen LogP contribution in [0.15, 0.2) is 61.2 Å². The zero-order valence-corrected chi connectivity index (χ0v) is 17.1. The first-order valence-corrected chi connectivity index (χ1v) is 9.72. The highest BCUT2D eigenvalue weighted by molar-refractivity contribution is 5.80. The summed E-state index contributed by atoms with van der Waals surface area (Å²) in [6, 6.07) is 9.55. The number of hydrogen-bond acceptors (Lipinski definition) is 5. The highest BCUT2D eigenvalue weighted by Crippen LogP contribution is 2.39. The monoisotopic (exact) mass is 464 g/mol. The van der Waals surface area contributed by atoms with E-state index in [-0.39, 0.29) is 12.1 Å². The standard InChI is InChI=1S/C22H17F5N4O2/c1-13(19-6-2-14-8-16(33-22(25,26)27)4-7-20(14)30-19)21(32,10-31-12-28-11-29-31)17-5-3-15(23)9-18(17)24/h2-9,11-13,32H,10H2,1H3. The highest BCUT2D eigenvalue weighted by atomic mass is 19.4. The average molecular weight is 464 g/mol. The number of fused-ring (bicyclic) bond motifs is 1. The summed E-state index contributed by atoms with van der Waals surface area (Å²) in [7, 11) is 0. The number of ether oxygens (including phenoxy) is 1. The molecule has 0 spiro atoms. The Hall–Kier alpha value is -3.60. The third-order valence-corrected chi connectivity index (χ3v) is 5.34. The summed E-state index contributed by atoms with van der Waals surface area (Å²) in [5.41, 5.74) is -1.40. The van der Waals surface area contributed by atoms with Crippen LogP contribution >= 0.6 is 0 Å². The van der Waals surface area contributed by atoms with Crippen LogP contribution in [0.25, 0.3) is 10.9 Å². The maximum atomic E-state index is 14.7. The lowest BCUT2D eigenvalue weighted by Crippen LogP contribution is -2.38. The predicted molar refractivity (Wildman–Crippen MR) is 107 cm³/mol. The minimum absolute atomic E-state index is 0.164. The minimum atomic E-state index is -4.83. The highest BCUT2D eigenvalue weighted by Gasteiger charge is 2.40. The molecule has 0 saturated carbocycles. The van der Waals surface area contributed by atoms with Crippen molar-refractivity contribution < 1.29 is 31.8 Å². The van der Waals surface area contributed by atoms with E-state index >= 15 is 0 Å². The van der Waals surface area contributed by atoms with E-state index in [1.54, 1.807) is 6.92 Å². The van der Waals surface area contributed by atoms with Crippen LogP contribution in [0.5, 0.6) is 5.75 Å². The van der Waals surface area contributed by atoms with Gasteiger partial charge in [-0.15, -0.1) is 13.2 Å². The van der Waals surface area contributed by atoms with E-state index in [0.717, 1.165) is 18.2 Å². The molecule has 4 aromatic rings. The normalized spacial score (nSPS) is 14.8. The van der Waals surface area contributed by atoms with Gasteiger partial charge in [0.2, 0.25) is 0 Å². The Morgan fingerprint density at radius 3 is 2.52 bits per heavy atom. The second-order valence-corrected chi connectivity index (χ2v) is 7.50. The summed E-state index contributed by atoms with van der Waals surface area (Å²) < 4.78 is 70.9. The van der Waals surface area contributed by atoms with Gasteiger partial charge in [-0.2, -0.15) is 5.10 Å². The molecule has 0 radical (unpaired) electrons. The number of alkyl halides is 3. The van der Waals surface area contributed by atoms with E-state index in [9.17, 15) is 27.1 Å². The van der Waals surface area contributed by atoms with E-state index in [1.807, 2.05) is 0 Å². The third-order valence-electron chi connectivity index (χ3n) is 5.34. The van der Waals surface area contributed by atoms with Gasteiger partial charge in [-0.05, 0) is 30.3 Å². The van der Waals surface area contributed by atoms with Crippen LogP contribution < -0.4 is 4.74 Å². The van der Waals surface area contributed by atoms with Gasteiger partial charge in [0, 0.05) is 28.6 Å². The van der Waals surface area contributed by atoms with Crippen molar-refractivity contribution in [2.45, 2.75) is 31.3 Å². The number of pyridine rings is 1. The van der Waals surface area contributed by atoms with E-state index in [0.29, 0.717) is 22.7 Å². The Morgan fingerprint density at radius 2 is 1.85 bits per heavy atom. The van der Waals surface area contributed by atoms with Crippen molar-refractivity contribution in [1.29, 1.82) is 0 Å². The van der Waals surface area contributed by atoms with Crippen LogP contribution in [-0.4, -0.2) is 31.2 Å². The predicted octanol–water partition coefficient (Wildman–Crippen LogP) is 4.69. The number of aliphatic hydroxyl groups is 1. The zero-order chi connectivity index (χ0) is 23.8. The smallest absolute Gasteiger partial charge is 0.406 e. The van der Waals surface area contributed by atoms with Crippen molar-refractivity contribution in [3.05, 3.63) is 84.1 Å². The first-order chi connectivity index (χ1) is 15.5. The molecule has 2 aromatic carbocycles. The molecule has 2 unspecified atom stereocenters. The second-order valence-electron chi connectivity index (χ2n) is 7.50. The summed E-state index contributed by atoms with van der Waals surface area (Å²) in [5, 5.41) is 16.0. The van der Waals surface area contributed by atoms with Crippen molar-refractivity contribution in [2.24, 2.45) is 0 Å². The summed E-state index contributed by atoms with van der Waals surface area (Å²) in [6.07, 6.45) is -2.23. The molecule has 0 aliphatic heterocycles. The van der Waals surface area contributed by atoms with Crippen LogP contribution in [0, 0.1) is 11.6 Å². The number of aromatic nitrogens is 4. The number of benzene rings is 2. The van der Waals surface area contributed by atoms with Crippen molar-refractivity contribution in [3.8, 4) is 5.75 Å². The number of halogens is 5. The van der Waals surface area contributed by atoms with Crippen LogP contribution in [0.4, 0.5) is 22.0 Å². The van der Waals surface area contributed by atoms with Crippen LogP contribution in [0.3, 0.4) is 0 Å². The second kappa shape index (κ2) is 8.39. The van der Waals surface area contributed by atoms with Crippen molar-refractivity contribution in [1.82, 2.24) is 19.7 Å². The SMILES string of the molecule is CC(c1ccc2cc(OC(F)(F)F)ccc2n1)C(O)(Cn1cncn1)c1ccc(F)cc1F. The lowest BCUT2D eigenvalue weighted by molar-refractivity contribution is -0.274. The maximum Gasteiger partial charge on any atom is 0.573 e. The molecule has 4 rings (SSSR count). The summed E-state index contributed by atoms with van der Waals surface area (Å²) in [4.78, 5) is 8.26. The van der Waals surface area contributed by atoms with E-state index < -0.39 is 35.3 Å². The van der Waals surface area contributed by atoms with Crippen molar-refractivity contribution in [3.63, 3.8) is 0 Å². The first kappa shape index (κ1) is 22.6. The average Bonchev–Trinajstić information content (AvgIpc) is 3.24. The molecule has 6 nitrogen and oxygen atoms in total. The fraction of sp³-hybridized carbons (Fsp3) is 0.227. The van der Waals surface area contributed by atoms with Gasteiger partial charge >= 0.3 is 6.36 Å². The van der Waals surface area contributed by atoms with Gasteiger partial charge < -0.3 is 9.84 Å². The Kier molecular flexibility index (Phi) is 5.75. The molecule has 0 amide bonds. The summed E-state index contributed by atoms with van der Waals surface area (Å²) >= 11 is 0. The van der Waals surface area contributed by atoms with Gasteiger partial charge in [0.25, 0.3) is 0 Å². The number of rotatable bonds is 6. The summed E-state index contributed by atoms with van der Waals surface area (Å²) in [6.45, 7) is 1.39. The van der Waals surface area contributed by atoms with Gasteiger partial charge in [0.15, 0.2) is 0 Å². The molecule has 0 aliphatic carbocycles. The molecule has 1 N–H and O–H groups in total. The fourth-order valence-corrected chi connectivity index (χ4v) is 3.66. The fourth-order valence-electron chi connectivity index (χ4n) is 3.66. The molecule has 2 heterocycles. The molecule has 2 aromatic heterocycles. The van der Waals surface area contributed by atoms with Crippen LogP contribution in [0.1, 0.15) is 24.1 Å². The maximum absolute atomic E-state index is 14.7. The molecule has 2 atom stereocenters. The van der Waals surface area contributed by atoms with E-state index in [1.165, 1.54) is 41.6 Å². The minimum Gasteiger partial charge on any atom is -0.406 e. The Morgan fingerprint density at radius 1 is 1.06 bits per heavy atom. The molecule has 172 valence electrons. The number of nitrogens with zero attached hydrogens (tertiary/aromatic N) is 4. The van der Waals surface area contributed by atoms with E-state index in [4.69, 9.17) is 0 Å². The van der Waals surface area contributed by atoms with Gasteiger partial charge in [-0.3, -0.25) is 4.98 Å². The Labute approximate surface area is 184 Å². The number of hydrogen-bond donors (Lipinski definition) is 1. The van der Waals surface area contributed by atoms with Gasteiger partial charge in [0.1, 0.15) is 35.6 Å². The Balaban J connectivity index is 1.75. The largest absolute Gasteiger partial charge is 0.573 e. The molecular formula is C22H17F5N4O2. The lowest BCUT2D eigenvalue weighted by atomic mass is 9.79. The quantitative estimate of drug-likeness (QED) is 0.419. The first-order valence-electron chi connectivity index (χ1n) is 9.72. The van der Waals surface area contributed by atoms with Crippen LogP contribution in [-0.2, 0) is 12.1 Å². The van der Waals surface area contributed by atoms with Crippen LogP contribution in [0.2, 0.25) is 0 Å². The van der Waals surface area contributed by atoms with E-state index in [2.05, 4.69) is 19.8 Å². The molecule has 33 heavy (non-hydrogen) atoms. The molecule has 0 aliphatic rings.